The Morgan fingerprint density at radius 2 is 2.00 bits per heavy atom. The van der Waals surface area contributed by atoms with Crippen molar-refractivity contribution >= 4 is 11.6 Å². The van der Waals surface area contributed by atoms with Crippen molar-refractivity contribution in [3.05, 3.63) is 48.3 Å². The Labute approximate surface area is 143 Å². The zero-order valence-corrected chi connectivity index (χ0v) is 14.2. The second-order valence-electron chi connectivity index (χ2n) is 6.42. The van der Waals surface area contributed by atoms with Crippen LogP contribution in [0.1, 0.15) is 23.2 Å². The Balaban J connectivity index is 1.74. The number of nitrogens with one attached hydrogen (secondary N) is 2. The van der Waals surface area contributed by atoms with E-state index in [0.717, 1.165) is 42.7 Å². The maximum atomic E-state index is 12.5. The average molecular weight is 324 g/mol. The van der Waals surface area contributed by atoms with E-state index in [1.807, 2.05) is 20.2 Å². The fraction of sp³-hybridized carbons (Fsp3) is 0.368. The topological polar surface area (TPSA) is 57.3 Å². The number of rotatable bonds is 4. The number of anilines is 1. The molecule has 3 rings (SSSR count). The van der Waals surface area contributed by atoms with E-state index in [-0.39, 0.29) is 11.9 Å². The highest BCUT2D eigenvalue weighted by Crippen LogP contribution is 2.22. The summed E-state index contributed by atoms with van der Waals surface area (Å²) < 4.78 is 0. The van der Waals surface area contributed by atoms with E-state index in [4.69, 9.17) is 0 Å². The monoisotopic (exact) mass is 324 g/mol. The van der Waals surface area contributed by atoms with Gasteiger partial charge < -0.3 is 15.5 Å². The number of nitrogens with zero attached hydrogens (tertiary/aromatic N) is 2. The van der Waals surface area contributed by atoms with E-state index >= 15 is 0 Å². The Kier molecular flexibility index (Phi) is 5.11. The molecule has 1 aliphatic rings. The quantitative estimate of drug-likeness (QED) is 0.906. The highest BCUT2D eigenvalue weighted by Gasteiger charge is 2.16. The second kappa shape index (κ2) is 7.45. The molecule has 0 aliphatic carbocycles. The van der Waals surface area contributed by atoms with Gasteiger partial charge in [-0.3, -0.25) is 9.78 Å². The van der Waals surface area contributed by atoms with Gasteiger partial charge in [0.2, 0.25) is 0 Å². The Bertz CT molecular complexity index is 691. The van der Waals surface area contributed by atoms with Crippen molar-refractivity contribution in [3.8, 4) is 11.1 Å². The number of amides is 1. The van der Waals surface area contributed by atoms with E-state index in [9.17, 15) is 4.79 Å². The summed E-state index contributed by atoms with van der Waals surface area (Å²) in [6.45, 7) is 1.87. The molecule has 2 heterocycles. The van der Waals surface area contributed by atoms with Crippen molar-refractivity contribution in [1.29, 1.82) is 0 Å². The number of hydrogen-bond acceptors (Lipinski definition) is 4. The first-order valence-electron chi connectivity index (χ1n) is 8.38. The first kappa shape index (κ1) is 16.5. The summed E-state index contributed by atoms with van der Waals surface area (Å²) in [6.07, 6.45) is 5.55. The van der Waals surface area contributed by atoms with Gasteiger partial charge in [0.15, 0.2) is 0 Å². The molecule has 1 amide bonds. The molecule has 2 aromatic rings. The molecule has 0 saturated carbocycles. The predicted octanol–water partition coefficient (Wildman–Crippen LogP) is 2.30. The zero-order valence-electron chi connectivity index (χ0n) is 14.2. The Hall–Kier alpha value is -2.40. The number of aromatic nitrogens is 1. The van der Waals surface area contributed by atoms with Gasteiger partial charge in [0.25, 0.3) is 5.91 Å². The molecule has 1 saturated heterocycles. The summed E-state index contributed by atoms with van der Waals surface area (Å²) in [5, 5.41) is 6.40. The normalized spacial score (nSPS) is 17.3. The zero-order chi connectivity index (χ0) is 16.9. The highest BCUT2D eigenvalue weighted by atomic mass is 16.1. The number of pyridine rings is 1. The van der Waals surface area contributed by atoms with E-state index in [1.165, 1.54) is 0 Å². The molecule has 5 heteroatoms. The van der Waals surface area contributed by atoms with Crippen molar-refractivity contribution in [2.45, 2.75) is 18.9 Å². The molecule has 0 radical (unpaired) electrons. The van der Waals surface area contributed by atoms with E-state index in [0.29, 0.717) is 5.56 Å². The summed E-state index contributed by atoms with van der Waals surface area (Å²) in [5.41, 5.74) is 3.76. The van der Waals surface area contributed by atoms with Crippen LogP contribution < -0.4 is 15.5 Å². The third-order valence-corrected chi connectivity index (χ3v) is 4.35. The van der Waals surface area contributed by atoms with Crippen LogP contribution in [0.3, 0.4) is 0 Å². The van der Waals surface area contributed by atoms with Crippen molar-refractivity contribution in [1.82, 2.24) is 15.6 Å². The second-order valence-corrected chi connectivity index (χ2v) is 6.42. The molecule has 1 aliphatic heterocycles. The molecular weight excluding hydrogens is 300 g/mol. The summed E-state index contributed by atoms with van der Waals surface area (Å²) in [7, 11) is 4.03. The Morgan fingerprint density at radius 1 is 1.21 bits per heavy atom. The largest absolute Gasteiger partial charge is 0.378 e. The van der Waals surface area contributed by atoms with Crippen LogP contribution in [-0.2, 0) is 0 Å². The predicted molar refractivity (Wildman–Crippen MR) is 97.4 cm³/mol. The van der Waals surface area contributed by atoms with Crippen molar-refractivity contribution < 1.29 is 4.79 Å². The van der Waals surface area contributed by atoms with Crippen LogP contribution in [-0.4, -0.2) is 44.1 Å². The van der Waals surface area contributed by atoms with Crippen LogP contribution in [0.5, 0.6) is 0 Å². The molecule has 1 fully saturated rings. The number of carbonyl (C=O) groups is 1. The summed E-state index contributed by atoms with van der Waals surface area (Å²) in [5.74, 6) is -0.0528. The molecule has 0 unspecified atom stereocenters. The lowest BCUT2D eigenvalue weighted by molar-refractivity contribution is 0.0930. The van der Waals surface area contributed by atoms with E-state index in [2.05, 4.69) is 44.8 Å². The number of benzene rings is 1. The van der Waals surface area contributed by atoms with Gasteiger partial charge in [0.05, 0.1) is 5.56 Å². The smallest absolute Gasteiger partial charge is 0.253 e. The standard InChI is InChI=1S/C19H24N4O/c1-23(2)18-7-5-14(6-8-18)15-10-16(12-21-11-15)19(24)22-17-4-3-9-20-13-17/h5-8,10-12,17,20H,3-4,9,13H2,1-2H3,(H,22,24)/t17-/m0/s1. The lowest BCUT2D eigenvalue weighted by Gasteiger charge is -2.23. The van der Waals surface area contributed by atoms with Gasteiger partial charge in [-0.05, 0) is 43.1 Å². The molecule has 1 atom stereocenters. The number of piperidine rings is 1. The van der Waals surface area contributed by atoms with Crippen LogP contribution >= 0.6 is 0 Å². The van der Waals surface area contributed by atoms with Crippen molar-refractivity contribution in [2.24, 2.45) is 0 Å². The summed E-state index contributed by atoms with van der Waals surface area (Å²) in [6, 6.07) is 10.3. The molecule has 1 aromatic carbocycles. The van der Waals surface area contributed by atoms with Crippen LogP contribution in [0.25, 0.3) is 11.1 Å². The highest BCUT2D eigenvalue weighted by molar-refractivity contribution is 5.95. The van der Waals surface area contributed by atoms with Gasteiger partial charge in [0, 0.05) is 50.3 Å². The third-order valence-electron chi connectivity index (χ3n) is 4.35. The number of hydrogen-bond donors (Lipinski definition) is 2. The van der Waals surface area contributed by atoms with Gasteiger partial charge in [-0.25, -0.2) is 0 Å². The van der Waals surface area contributed by atoms with Crippen LogP contribution in [0.2, 0.25) is 0 Å². The summed E-state index contributed by atoms with van der Waals surface area (Å²) >= 11 is 0. The van der Waals surface area contributed by atoms with Crippen LogP contribution in [0.15, 0.2) is 42.7 Å². The van der Waals surface area contributed by atoms with E-state index < -0.39 is 0 Å². The van der Waals surface area contributed by atoms with Gasteiger partial charge in [-0.2, -0.15) is 0 Å². The molecule has 1 aromatic heterocycles. The van der Waals surface area contributed by atoms with Crippen molar-refractivity contribution in [3.63, 3.8) is 0 Å². The first-order valence-corrected chi connectivity index (χ1v) is 8.38. The van der Waals surface area contributed by atoms with Gasteiger partial charge in [0.1, 0.15) is 0 Å². The maximum Gasteiger partial charge on any atom is 0.253 e. The molecule has 24 heavy (non-hydrogen) atoms. The minimum Gasteiger partial charge on any atom is -0.378 e. The first-order chi connectivity index (χ1) is 11.6. The molecule has 2 N–H and O–H groups in total. The molecular formula is C19H24N4O. The van der Waals surface area contributed by atoms with Gasteiger partial charge >= 0.3 is 0 Å². The molecule has 0 bridgehead atoms. The Morgan fingerprint density at radius 3 is 2.67 bits per heavy atom. The lowest BCUT2D eigenvalue weighted by Crippen LogP contribution is -2.45. The average Bonchev–Trinajstić information content (AvgIpc) is 2.63. The lowest BCUT2D eigenvalue weighted by atomic mass is 10.0. The summed E-state index contributed by atoms with van der Waals surface area (Å²) in [4.78, 5) is 18.8. The molecule has 126 valence electrons. The molecule has 5 nitrogen and oxygen atoms in total. The SMILES string of the molecule is CN(C)c1ccc(-c2cncc(C(=O)N[C@H]3CCCNC3)c2)cc1. The van der Waals surface area contributed by atoms with E-state index in [1.54, 1.807) is 12.4 Å². The minimum atomic E-state index is -0.0528. The fourth-order valence-electron chi connectivity index (χ4n) is 2.92. The number of carbonyl (C=O) groups excluding carboxylic acids is 1. The fourth-order valence-corrected chi connectivity index (χ4v) is 2.92. The van der Waals surface area contributed by atoms with Gasteiger partial charge in [-0.1, -0.05) is 12.1 Å². The van der Waals surface area contributed by atoms with Crippen LogP contribution in [0, 0.1) is 0 Å². The molecule has 0 spiro atoms. The van der Waals surface area contributed by atoms with Gasteiger partial charge in [-0.15, -0.1) is 0 Å². The van der Waals surface area contributed by atoms with Crippen LogP contribution in [0.4, 0.5) is 5.69 Å². The third kappa shape index (κ3) is 3.92. The van der Waals surface area contributed by atoms with Crippen molar-refractivity contribution in [2.75, 3.05) is 32.1 Å². The maximum absolute atomic E-state index is 12.5. The minimum absolute atomic E-state index is 0.0528.